The smallest absolute Gasteiger partial charge is 0.261 e. The zero-order valence-electron chi connectivity index (χ0n) is 17.3. The van der Waals surface area contributed by atoms with Gasteiger partial charge < -0.3 is 20.8 Å². The number of benzene rings is 3. The number of phenols is 2. The summed E-state index contributed by atoms with van der Waals surface area (Å²) >= 11 is 0. The van der Waals surface area contributed by atoms with Crippen molar-refractivity contribution in [3.8, 4) is 11.5 Å². The van der Waals surface area contributed by atoms with Gasteiger partial charge in [0.25, 0.3) is 11.8 Å². The SMILES string of the molecule is CC(C)c1ccc(C=C(C(=O)Nc2cccc(O)c2)C(=O)Nc2cccc(O)c2)cc1. The van der Waals surface area contributed by atoms with Crippen LogP contribution in [0.5, 0.6) is 11.5 Å². The molecule has 2 amide bonds. The van der Waals surface area contributed by atoms with Gasteiger partial charge in [0, 0.05) is 23.5 Å². The molecule has 158 valence electrons. The van der Waals surface area contributed by atoms with Crippen molar-refractivity contribution in [2.75, 3.05) is 10.6 Å². The summed E-state index contributed by atoms with van der Waals surface area (Å²) in [6.07, 6.45) is 1.50. The largest absolute Gasteiger partial charge is 0.508 e. The molecule has 0 atom stereocenters. The second kappa shape index (κ2) is 9.63. The van der Waals surface area contributed by atoms with Crippen LogP contribution in [0.4, 0.5) is 11.4 Å². The van der Waals surface area contributed by atoms with Crippen LogP contribution in [0.1, 0.15) is 30.9 Å². The number of hydrogen-bond donors (Lipinski definition) is 4. The number of nitrogens with one attached hydrogen (secondary N) is 2. The molecule has 0 spiro atoms. The molecule has 0 aliphatic rings. The van der Waals surface area contributed by atoms with Crippen molar-refractivity contribution in [1.29, 1.82) is 0 Å². The Labute approximate surface area is 180 Å². The van der Waals surface area contributed by atoms with E-state index in [1.165, 1.54) is 30.3 Å². The van der Waals surface area contributed by atoms with Crippen molar-refractivity contribution in [2.45, 2.75) is 19.8 Å². The summed E-state index contributed by atoms with van der Waals surface area (Å²) in [4.78, 5) is 25.9. The van der Waals surface area contributed by atoms with Gasteiger partial charge in [-0.25, -0.2) is 0 Å². The van der Waals surface area contributed by atoms with Gasteiger partial charge in [0.1, 0.15) is 17.1 Å². The molecule has 0 aliphatic carbocycles. The Morgan fingerprint density at radius 2 is 1.26 bits per heavy atom. The fraction of sp³-hybridized carbons (Fsp3) is 0.120. The maximum atomic E-state index is 12.9. The van der Waals surface area contributed by atoms with Crippen molar-refractivity contribution in [1.82, 2.24) is 0 Å². The van der Waals surface area contributed by atoms with E-state index in [-0.39, 0.29) is 17.1 Å². The molecular weight excluding hydrogens is 392 g/mol. The minimum Gasteiger partial charge on any atom is -0.508 e. The average Bonchev–Trinajstić information content (AvgIpc) is 2.72. The highest BCUT2D eigenvalue weighted by molar-refractivity contribution is 6.28. The molecule has 3 aromatic carbocycles. The van der Waals surface area contributed by atoms with Crippen LogP contribution in [-0.4, -0.2) is 22.0 Å². The number of amides is 2. The Kier molecular flexibility index (Phi) is 6.72. The van der Waals surface area contributed by atoms with Crippen LogP contribution >= 0.6 is 0 Å². The van der Waals surface area contributed by atoms with Crippen molar-refractivity contribution in [3.63, 3.8) is 0 Å². The van der Waals surface area contributed by atoms with Gasteiger partial charge in [-0.1, -0.05) is 50.2 Å². The van der Waals surface area contributed by atoms with Gasteiger partial charge in [0.05, 0.1) is 0 Å². The maximum Gasteiger partial charge on any atom is 0.261 e. The summed E-state index contributed by atoms with van der Waals surface area (Å²) in [6.45, 7) is 4.17. The maximum absolute atomic E-state index is 12.9. The first kappa shape index (κ1) is 21.6. The topological polar surface area (TPSA) is 98.7 Å². The lowest BCUT2D eigenvalue weighted by Gasteiger charge is -2.11. The van der Waals surface area contributed by atoms with Crippen molar-refractivity contribution in [2.24, 2.45) is 0 Å². The lowest BCUT2D eigenvalue weighted by Crippen LogP contribution is -2.25. The third kappa shape index (κ3) is 5.96. The highest BCUT2D eigenvalue weighted by Gasteiger charge is 2.19. The summed E-state index contributed by atoms with van der Waals surface area (Å²) in [5, 5.41) is 24.5. The molecule has 0 unspecified atom stereocenters. The van der Waals surface area contributed by atoms with E-state index in [2.05, 4.69) is 24.5 Å². The van der Waals surface area contributed by atoms with Gasteiger partial charge >= 0.3 is 0 Å². The highest BCUT2D eigenvalue weighted by atomic mass is 16.3. The molecule has 0 saturated heterocycles. The molecule has 0 saturated carbocycles. The van der Waals surface area contributed by atoms with E-state index in [1.807, 2.05) is 24.3 Å². The standard InChI is InChI=1S/C25H24N2O4/c1-16(2)18-11-9-17(10-12-18)13-23(24(30)26-19-5-3-7-21(28)14-19)25(31)27-20-6-4-8-22(29)15-20/h3-16,28-29H,1-2H3,(H,26,30)(H,27,31). The molecule has 3 rings (SSSR count). The molecular formula is C25H24N2O4. The zero-order chi connectivity index (χ0) is 22.4. The van der Waals surface area contributed by atoms with E-state index in [9.17, 15) is 19.8 Å². The van der Waals surface area contributed by atoms with Crippen LogP contribution in [0, 0.1) is 0 Å². The van der Waals surface area contributed by atoms with Crippen molar-refractivity contribution >= 4 is 29.3 Å². The number of carbonyl (C=O) groups excluding carboxylic acids is 2. The first-order valence-corrected chi connectivity index (χ1v) is 9.84. The Bertz CT molecular complexity index is 1060. The van der Waals surface area contributed by atoms with E-state index in [1.54, 1.807) is 24.3 Å². The molecule has 0 bridgehead atoms. The third-order valence-electron chi connectivity index (χ3n) is 4.61. The van der Waals surface area contributed by atoms with Crippen LogP contribution in [-0.2, 0) is 9.59 Å². The van der Waals surface area contributed by atoms with E-state index in [0.29, 0.717) is 22.9 Å². The van der Waals surface area contributed by atoms with Gasteiger partial charge in [-0.3, -0.25) is 9.59 Å². The molecule has 0 fully saturated rings. The summed E-state index contributed by atoms with van der Waals surface area (Å²) in [5.74, 6) is -0.901. The summed E-state index contributed by atoms with van der Waals surface area (Å²) in [6, 6.07) is 19.7. The summed E-state index contributed by atoms with van der Waals surface area (Å²) in [5.41, 5.74) is 2.43. The predicted octanol–water partition coefficient (Wildman–Crippen LogP) is 4.88. The van der Waals surface area contributed by atoms with Crippen LogP contribution in [0.3, 0.4) is 0 Å². The van der Waals surface area contributed by atoms with Crippen LogP contribution in [0.2, 0.25) is 0 Å². The average molecular weight is 416 g/mol. The Balaban J connectivity index is 1.91. The first-order chi connectivity index (χ1) is 14.8. The number of aromatic hydroxyl groups is 2. The van der Waals surface area contributed by atoms with E-state index in [0.717, 1.165) is 5.56 Å². The normalized spacial score (nSPS) is 10.4. The quantitative estimate of drug-likeness (QED) is 0.261. The highest BCUT2D eigenvalue weighted by Crippen LogP contribution is 2.21. The monoisotopic (exact) mass is 416 g/mol. The van der Waals surface area contributed by atoms with Gasteiger partial charge in [0.2, 0.25) is 0 Å². The zero-order valence-corrected chi connectivity index (χ0v) is 17.3. The predicted molar refractivity (Wildman–Crippen MR) is 122 cm³/mol. The fourth-order valence-electron chi connectivity index (χ4n) is 2.94. The first-order valence-electron chi connectivity index (χ1n) is 9.84. The van der Waals surface area contributed by atoms with Crippen LogP contribution < -0.4 is 10.6 Å². The lowest BCUT2D eigenvalue weighted by atomic mass is 10.0. The number of carbonyl (C=O) groups is 2. The Morgan fingerprint density at radius 3 is 1.68 bits per heavy atom. The number of rotatable bonds is 6. The molecule has 0 heterocycles. The number of phenolic OH excluding ortho intramolecular Hbond substituents is 2. The van der Waals surface area contributed by atoms with Gasteiger partial charge in [-0.05, 0) is 47.4 Å². The summed E-state index contributed by atoms with van der Waals surface area (Å²) < 4.78 is 0. The molecule has 0 aromatic heterocycles. The molecule has 0 radical (unpaired) electrons. The fourth-order valence-corrected chi connectivity index (χ4v) is 2.94. The minimum atomic E-state index is -0.629. The van der Waals surface area contributed by atoms with Gasteiger partial charge in [-0.2, -0.15) is 0 Å². The third-order valence-corrected chi connectivity index (χ3v) is 4.61. The van der Waals surface area contributed by atoms with Crippen LogP contribution in [0.15, 0.2) is 78.4 Å². The molecule has 31 heavy (non-hydrogen) atoms. The van der Waals surface area contributed by atoms with E-state index in [4.69, 9.17) is 0 Å². The van der Waals surface area contributed by atoms with E-state index >= 15 is 0 Å². The Hall–Kier alpha value is -4.06. The number of anilines is 2. The molecule has 6 nitrogen and oxygen atoms in total. The van der Waals surface area contributed by atoms with E-state index < -0.39 is 11.8 Å². The second-order valence-corrected chi connectivity index (χ2v) is 7.39. The molecule has 0 aliphatic heterocycles. The van der Waals surface area contributed by atoms with Gasteiger partial charge in [0.15, 0.2) is 0 Å². The molecule has 6 heteroatoms. The molecule has 4 N–H and O–H groups in total. The number of hydrogen-bond acceptors (Lipinski definition) is 4. The van der Waals surface area contributed by atoms with Crippen molar-refractivity contribution in [3.05, 3.63) is 89.5 Å². The Morgan fingerprint density at radius 1 is 0.774 bits per heavy atom. The van der Waals surface area contributed by atoms with Crippen LogP contribution in [0.25, 0.3) is 6.08 Å². The molecule has 3 aromatic rings. The lowest BCUT2D eigenvalue weighted by molar-refractivity contribution is -0.118. The summed E-state index contributed by atoms with van der Waals surface area (Å²) in [7, 11) is 0. The van der Waals surface area contributed by atoms with Gasteiger partial charge in [-0.15, -0.1) is 0 Å². The minimum absolute atomic E-state index is 0.00295. The van der Waals surface area contributed by atoms with Crippen molar-refractivity contribution < 1.29 is 19.8 Å². The second-order valence-electron chi connectivity index (χ2n) is 7.39.